The van der Waals surface area contributed by atoms with Crippen molar-refractivity contribution in [3.8, 4) is 11.5 Å². The number of thiazole rings is 1. The van der Waals surface area contributed by atoms with Gasteiger partial charge in [-0.05, 0) is 42.8 Å². The van der Waals surface area contributed by atoms with Crippen LogP contribution in [0.4, 0.5) is 5.13 Å². The van der Waals surface area contributed by atoms with E-state index in [0.29, 0.717) is 16.6 Å². The number of hydrogen-bond donors (Lipinski definition) is 5. The van der Waals surface area contributed by atoms with Crippen LogP contribution in [0.1, 0.15) is 15.9 Å². The summed E-state index contributed by atoms with van der Waals surface area (Å²) in [5, 5.41) is 11.6. The predicted octanol–water partition coefficient (Wildman–Crippen LogP) is 1.38. The zero-order chi connectivity index (χ0) is 25.8. The summed E-state index contributed by atoms with van der Waals surface area (Å²) in [6.45, 7) is 2.00. The molecule has 11 nitrogen and oxygen atoms in total. The Hall–Kier alpha value is -3.39. The minimum absolute atomic E-state index is 0.0578. The van der Waals surface area contributed by atoms with Gasteiger partial charge in [0.25, 0.3) is 5.91 Å². The minimum Gasteiger partial charge on any atom is -0.493 e. The number of nitrogens with zero attached hydrogens (tertiary/aromatic N) is 1. The van der Waals surface area contributed by atoms with Crippen molar-refractivity contribution in [3.63, 3.8) is 0 Å². The molecule has 1 aliphatic rings. The number of nitrogens with two attached hydrogens (primary N) is 1. The number of rotatable bonds is 8. The van der Waals surface area contributed by atoms with E-state index in [1.807, 2.05) is 25.1 Å². The number of fused-ring (bicyclic) bond motifs is 1. The molecule has 2 aromatic carbocycles. The maximum Gasteiger partial charge on any atom is 0.252 e. The normalized spacial score (nSPS) is 19.4. The van der Waals surface area contributed by atoms with Gasteiger partial charge >= 0.3 is 0 Å². The number of nitrogens with one attached hydrogen (secondary N) is 4. The first-order valence-electron chi connectivity index (χ1n) is 10.9. The van der Waals surface area contributed by atoms with Crippen LogP contribution in [0.25, 0.3) is 10.2 Å². The molecule has 36 heavy (non-hydrogen) atoms. The van der Waals surface area contributed by atoms with Crippen LogP contribution in [0, 0.1) is 6.92 Å². The number of hydrogen-bond acceptors (Lipinski definition) is 10. The van der Waals surface area contributed by atoms with E-state index in [0.717, 1.165) is 15.8 Å². The molecule has 3 aromatic rings. The van der Waals surface area contributed by atoms with Gasteiger partial charge in [0.1, 0.15) is 11.5 Å². The molecular formula is C23H26N6O5S2. The fraction of sp³-hybridized carbons (Fsp3) is 0.304. The monoisotopic (exact) mass is 530 g/mol. The largest absolute Gasteiger partial charge is 0.493 e. The molecular weight excluding hydrogens is 504 g/mol. The SMILES string of the molecule is COc1ccc(C(=O)NC2C(=O)NC(SCC(=O)Nc3nc4ccc(C)cc4s3)NC2N)cc1OC. The zero-order valence-corrected chi connectivity index (χ0v) is 21.4. The Morgan fingerprint density at radius 3 is 2.67 bits per heavy atom. The van der Waals surface area contributed by atoms with Gasteiger partial charge in [0.2, 0.25) is 11.8 Å². The Morgan fingerprint density at radius 2 is 1.94 bits per heavy atom. The van der Waals surface area contributed by atoms with Crippen molar-refractivity contribution in [1.29, 1.82) is 0 Å². The lowest BCUT2D eigenvalue weighted by atomic mass is 10.1. The van der Waals surface area contributed by atoms with Gasteiger partial charge in [-0.1, -0.05) is 17.4 Å². The van der Waals surface area contributed by atoms with Crippen molar-refractivity contribution in [2.24, 2.45) is 5.73 Å². The topological polar surface area (TPSA) is 157 Å². The summed E-state index contributed by atoms with van der Waals surface area (Å²) < 4.78 is 11.4. The second-order valence-electron chi connectivity index (χ2n) is 7.95. The van der Waals surface area contributed by atoms with E-state index in [1.165, 1.54) is 43.4 Å². The number of aryl methyl sites for hydroxylation is 1. The number of carbonyl (C=O) groups is 3. The van der Waals surface area contributed by atoms with Gasteiger partial charge in [-0.3, -0.25) is 19.7 Å². The molecule has 13 heteroatoms. The Morgan fingerprint density at radius 1 is 1.17 bits per heavy atom. The molecule has 1 saturated heterocycles. The molecule has 4 rings (SSSR count). The smallest absolute Gasteiger partial charge is 0.252 e. The molecule has 1 aliphatic heterocycles. The van der Waals surface area contributed by atoms with Crippen molar-refractivity contribution >= 4 is 56.2 Å². The molecule has 0 saturated carbocycles. The van der Waals surface area contributed by atoms with Crippen molar-refractivity contribution < 1.29 is 23.9 Å². The molecule has 0 radical (unpaired) electrons. The summed E-state index contributed by atoms with van der Waals surface area (Å²) in [7, 11) is 2.96. The number of ether oxygens (including phenoxy) is 2. The summed E-state index contributed by atoms with van der Waals surface area (Å²) in [5.41, 5.74) is 7.74. The molecule has 190 valence electrons. The van der Waals surface area contributed by atoms with Crippen LogP contribution in [0.5, 0.6) is 11.5 Å². The van der Waals surface area contributed by atoms with Crippen LogP contribution < -0.4 is 36.5 Å². The molecule has 1 aromatic heterocycles. The molecule has 0 spiro atoms. The number of carbonyl (C=O) groups excluding carboxylic acids is 3. The standard InChI is InChI=1S/C23H26N6O5S2/c1-11-4-6-13-16(8-11)36-23(25-13)26-17(30)10-35-22-28-19(24)18(21(32)29-22)27-20(31)12-5-7-14(33-2)15(9-12)34-3/h4-9,18-19,22,28H,10,24H2,1-3H3,(H,27,31)(H,29,32)(H,25,26,30). The second kappa shape index (κ2) is 11.1. The lowest BCUT2D eigenvalue weighted by Crippen LogP contribution is -2.70. The number of methoxy groups -OCH3 is 2. The minimum atomic E-state index is -1.01. The van der Waals surface area contributed by atoms with Crippen LogP contribution in [-0.2, 0) is 9.59 Å². The highest BCUT2D eigenvalue weighted by atomic mass is 32.2. The highest BCUT2D eigenvalue weighted by Crippen LogP contribution is 2.28. The Bertz CT molecular complexity index is 1300. The van der Waals surface area contributed by atoms with Gasteiger partial charge in [-0.2, -0.15) is 0 Å². The average Bonchev–Trinajstić information content (AvgIpc) is 3.25. The van der Waals surface area contributed by atoms with Crippen LogP contribution in [-0.4, -0.2) is 60.4 Å². The van der Waals surface area contributed by atoms with E-state index < -0.39 is 29.5 Å². The lowest BCUT2D eigenvalue weighted by molar-refractivity contribution is -0.125. The maximum atomic E-state index is 12.7. The number of benzene rings is 2. The second-order valence-corrected chi connectivity index (χ2v) is 10.1. The van der Waals surface area contributed by atoms with Crippen molar-refractivity contribution in [1.82, 2.24) is 20.9 Å². The molecule has 0 bridgehead atoms. The summed E-state index contributed by atoms with van der Waals surface area (Å²) in [5.74, 6) is -0.299. The number of aromatic nitrogens is 1. The predicted molar refractivity (Wildman–Crippen MR) is 139 cm³/mol. The Balaban J connectivity index is 1.29. The maximum absolute atomic E-state index is 12.7. The van der Waals surface area contributed by atoms with E-state index in [-0.39, 0.29) is 17.2 Å². The van der Waals surface area contributed by atoms with Gasteiger partial charge in [0.05, 0.1) is 36.4 Å². The number of amides is 3. The zero-order valence-electron chi connectivity index (χ0n) is 19.8. The van der Waals surface area contributed by atoms with Crippen molar-refractivity contribution in [2.45, 2.75) is 24.6 Å². The van der Waals surface area contributed by atoms with Gasteiger partial charge in [-0.25, -0.2) is 4.98 Å². The van der Waals surface area contributed by atoms with E-state index in [4.69, 9.17) is 15.2 Å². The van der Waals surface area contributed by atoms with Crippen LogP contribution >= 0.6 is 23.1 Å². The third-order valence-electron chi connectivity index (χ3n) is 5.36. The first-order valence-corrected chi connectivity index (χ1v) is 12.8. The fourth-order valence-corrected chi connectivity index (χ4v) is 5.36. The number of thioether (sulfide) groups is 1. The molecule has 0 aliphatic carbocycles. The first kappa shape index (κ1) is 25.7. The highest BCUT2D eigenvalue weighted by molar-refractivity contribution is 8.00. The van der Waals surface area contributed by atoms with E-state index in [1.54, 1.807) is 12.1 Å². The van der Waals surface area contributed by atoms with E-state index >= 15 is 0 Å². The van der Waals surface area contributed by atoms with E-state index in [9.17, 15) is 14.4 Å². The third kappa shape index (κ3) is 5.87. The average molecular weight is 531 g/mol. The van der Waals surface area contributed by atoms with Gasteiger partial charge < -0.3 is 31.2 Å². The molecule has 6 N–H and O–H groups in total. The molecule has 3 atom stereocenters. The number of anilines is 1. The lowest BCUT2D eigenvalue weighted by Gasteiger charge is -2.35. The van der Waals surface area contributed by atoms with Gasteiger partial charge in [0.15, 0.2) is 16.6 Å². The van der Waals surface area contributed by atoms with Crippen molar-refractivity contribution in [2.75, 3.05) is 25.3 Å². The fourth-order valence-electron chi connectivity index (χ4n) is 3.54. The van der Waals surface area contributed by atoms with Crippen LogP contribution in [0.2, 0.25) is 0 Å². The molecule has 2 heterocycles. The molecule has 3 unspecified atom stereocenters. The van der Waals surface area contributed by atoms with Crippen LogP contribution in [0.3, 0.4) is 0 Å². The van der Waals surface area contributed by atoms with Gasteiger partial charge in [0, 0.05) is 5.56 Å². The third-order valence-corrected chi connectivity index (χ3v) is 7.31. The van der Waals surface area contributed by atoms with E-state index in [2.05, 4.69) is 26.3 Å². The van der Waals surface area contributed by atoms with Gasteiger partial charge in [-0.15, -0.1) is 11.8 Å². The summed E-state index contributed by atoms with van der Waals surface area (Å²) in [6, 6.07) is 9.54. The summed E-state index contributed by atoms with van der Waals surface area (Å²) >= 11 is 2.56. The quantitative estimate of drug-likeness (QED) is 0.290. The highest BCUT2D eigenvalue weighted by Gasteiger charge is 2.35. The summed E-state index contributed by atoms with van der Waals surface area (Å²) in [6.07, 6.45) is -0.865. The Kier molecular flexibility index (Phi) is 7.94. The molecule has 3 amide bonds. The molecule has 1 fully saturated rings. The van der Waals surface area contributed by atoms with Crippen LogP contribution in [0.15, 0.2) is 36.4 Å². The Labute approximate surface area is 215 Å². The first-order chi connectivity index (χ1) is 17.3. The summed E-state index contributed by atoms with van der Waals surface area (Å²) in [4.78, 5) is 42.2. The van der Waals surface area contributed by atoms with Crippen molar-refractivity contribution in [3.05, 3.63) is 47.5 Å².